The number of nitrogens with one attached hydrogen (secondary N) is 1. The molecular formula is C18H20N2O2S2. The molecule has 0 aliphatic carbocycles. The molecule has 24 heavy (non-hydrogen) atoms. The molecule has 0 bridgehead atoms. The molecule has 1 unspecified atom stereocenters. The highest BCUT2D eigenvalue weighted by Crippen LogP contribution is 2.29. The summed E-state index contributed by atoms with van der Waals surface area (Å²) in [7, 11) is 0. The van der Waals surface area contributed by atoms with Crippen LogP contribution in [0.3, 0.4) is 0 Å². The first-order valence-corrected chi connectivity index (χ1v) is 9.72. The second-order valence-electron chi connectivity index (χ2n) is 5.59. The van der Waals surface area contributed by atoms with Gasteiger partial charge in [0.2, 0.25) is 0 Å². The van der Waals surface area contributed by atoms with Gasteiger partial charge in [-0.25, -0.2) is 4.98 Å². The highest BCUT2D eigenvalue weighted by atomic mass is 32.2. The number of hydrogen-bond donors (Lipinski definition) is 1. The summed E-state index contributed by atoms with van der Waals surface area (Å²) in [5.41, 5.74) is 0.997. The van der Waals surface area contributed by atoms with Gasteiger partial charge in [0.25, 0.3) is 5.56 Å². The third-order valence-corrected chi connectivity index (χ3v) is 6.13. The number of hydrogen-bond acceptors (Lipinski definition) is 5. The molecular weight excluding hydrogens is 340 g/mol. The molecule has 1 N–H and O–H groups in total. The number of nitrogens with zero attached hydrogens (tertiary/aromatic N) is 1. The SMILES string of the molecule is Cc1sc2nc(C(C)SCCOc3ccccc3)[nH]c(=O)c2c1C. The van der Waals surface area contributed by atoms with Crippen molar-refractivity contribution >= 4 is 33.3 Å². The zero-order chi connectivity index (χ0) is 17.1. The Balaban J connectivity index is 1.64. The van der Waals surface area contributed by atoms with Crippen molar-refractivity contribution in [1.29, 1.82) is 0 Å². The van der Waals surface area contributed by atoms with Gasteiger partial charge in [-0.1, -0.05) is 18.2 Å². The number of para-hydroxylation sites is 1. The van der Waals surface area contributed by atoms with E-state index in [1.807, 2.05) is 44.2 Å². The third kappa shape index (κ3) is 3.65. The third-order valence-electron chi connectivity index (χ3n) is 3.91. The van der Waals surface area contributed by atoms with Crippen LogP contribution in [0.4, 0.5) is 0 Å². The van der Waals surface area contributed by atoms with Gasteiger partial charge in [-0.05, 0) is 38.5 Å². The molecule has 6 heteroatoms. The van der Waals surface area contributed by atoms with Gasteiger partial charge in [0.1, 0.15) is 16.4 Å². The van der Waals surface area contributed by atoms with Crippen LogP contribution in [-0.4, -0.2) is 22.3 Å². The summed E-state index contributed by atoms with van der Waals surface area (Å²) in [6.45, 7) is 6.69. The van der Waals surface area contributed by atoms with E-state index < -0.39 is 0 Å². The van der Waals surface area contributed by atoms with Crippen LogP contribution in [0, 0.1) is 13.8 Å². The van der Waals surface area contributed by atoms with Crippen LogP contribution in [0.15, 0.2) is 35.1 Å². The van der Waals surface area contributed by atoms with E-state index in [0.717, 1.165) is 38.0 Å². The molecule has 0 aliphatic heterocycles. The molecule has 2 aromatic heterocycles. The van der Waals surface area contributed by atoms with Crippen LogP contribution in [0.2, 0.25) is 0 Å². The Bertz CT molecular complexity index is 887. The monoisotopic (exact) mass is 360 g/mol. The predicted octanol–water partition coefficient (Wildman–Crippen LogP) is 4.47. The fourth-order valence-electron chi connectivity index (χ4n) is 2.44. The van der Waals surface area contributed by atoms with Gasteiger partial charge < -0.3 is 9.72 Å². The minimum Gasteiger partial charge on any atom is -0.493 e. The van der Waals surface area contributed by atoms with Gasteiger partial charge in [-0.3, -0.25) is 4.79 Å². The van der Waals surface area contributed by atoms with E-state index in [4.69, 9.17) is 4.74 Å². The normalized spacial score (nSPS) is 12.5. The molecule has 0 saturated carbocycles. The first-order chi connectivity index (χ1) is 11.6. The lowest BCUT2D eigenvalue weighted by Crippen LogP contribution is -2.13. The Morgan fingerprint density at radius 2 is 2.04 bits per heavy atom. The second-order valence-corrected chi connectivity index (χ2v) is 8.24. The van der Waals surface area contributed by atoms with Crippen LogP contribution < -0.4 is 10.3 Å². The highest BCUT2D eigenvalue weighted by Gasteiger charge is 2.15. The number of aromatic nitrogens is 2. The van der Waals surface area contributed by atoms with Gasteiger partial charge >= 0.3 is 0 Å². The van der Waals surface area contributed by atoms with E-state index in [9.17, 15) is 4.79 Å². The summed E-state index contributed by atoms with van der Waals surface area (Å²) < 4.78 is 5.69. The number of aryl methyl sites for hydroxylation is 2. The maximum atomic E-state index is 12.3. The van der Waals surface area contributed by atoms with E-state index in [-0.39, 0.29) is 10.8 Å². The number of aromatic amines is 1. The lowest BCUT2D eigenvalue weighted by Gasteiger charge is -2.11. The molecule has 0 spiro atoms. The summed E-state index contributed by atoms with van der Waals surface area (Å²) in [6, 6.07) is 9.78. The van der Waals surface area contributed by atoms with E-state index in [2.05, 4.69) is 16.9 Å². The van der Waals surface area contributed by atoms with Gasteiger partial charge in [0.15, 0.2) is 0 Å². The Kier molecular flexibility index (Phi) is 5.26. The van der Waals surface area contributed by atoms with E-state index in [1.54, 1.807) is 23.1 Å². The Morgan fingerprint density at radius 1 is 1.29 bits per heavy atom. The zero-order valence-corrected chi connectivity index (χ0v) is 15.6. The number of ether oxygens (including phenoxy) is 1. The Morgan fingerprint density at radius 3 is 2.79 bits per heavy atom. The van der Waals surface area contributed by atoms with Crippen LogP contribution in [0.25, 0.3) is 10.2 Å². The number of H-pyrrole nitrogens is 1. The van der Waals surface area contributed by atoms with Crippen LogP contribution in [-0.2, 0) is 0 Å². The summed E-state index contributed by atoms with van der Waals surface area (Å²) >= 11 is 3.31. The average molecular weight is 361 g/mol. The van der Waals surface area contributed by atoms with Gasteiger partial charge in [0.05, 0.1) is 17.2 Å². The number of thioether (sulfide) groups is 1. The fraction of sp³-hybridized carbons (Fsp3) is 0.333. The van der Waals surface area contributed by atoms with Gasteiger partial charge in [-0.15, -0.1) is 23.1 Å². The lowest BCUT2D eigenvalue weighted by atomic mass is 10.2. The topological polar surface area (TPSA) is 55.0 Å². The minimum absolute atomic E-state index is 0.0372. The van der Waals surface area contributed by atoms with Crippen LogP contribution in [0.5, 0.6) is 5.75 Å². The van der Waals surface area contributed by atoms with Crippen molar-refractivity contribution in [3.8, 4) is 5.75 Å². The van der Waals surface area contributed by atoms with Crippen molar-refractivity contribution in [2.75, 3.05) is 12.4 Å². The lowest BCUT2D eigenvalue weighted by molar-refractivity contribution is 0.344. The molecule has 1 aromatic carbocycles. The van der Waals surface area contributed by atoms with E-state index in [0.29, 0.717) is 6.61 Å². The fourth-order valence-corrected chi connectivity index (χ4v) is 4.28. The van der Waals surface area contributed by atoms with Crippen molar-refractivity contribution in [3.63, 3.8) is 0 Å². The van der Waals surface area contributed by atoms with Gasteiger partial charge in [0, 0.05) is 10.6 Å². The van der Waals surface area contributed by atoms with E-state index >= 15 is 0 Å². The average Bonchev–Trinajstić information content (AvgIpc) is 2.87. The molecule has 1 atom stereocenters. The van der Waals surface area contributed by atoms with Crippen molar-refractivity contribution in [2.45, 2.75) is 26.0 Å². The Labute approximate surface area is 149 Å². The second kappa shape index (κ2) is 7.40. The van der Waals surface area contributed by atoms with Crippen molar-refractivity contribution in [2.24, 2.45) is 0 Å². The smallest absolute Gasteiger partial charge is 0.259 e. The van der Waals surface area contributed by atoms with E-state index in [1.165, 1.54) is 0 Å². The predicted molar refractivity (Wildman–Crippen MR) is 103 cm³/mol. The zero-order valence-electron chi connectivity index (χ0n) is 14.0. The van der Waals surface area contributed by atoms with Crippen molar-refractivity contribution in [1.82, 2.24) is 9.97 Å². The molecule has 0 fully saturated rings. The molecule has 0 radical (unpaired) electrons. The van der Waals surface area contributed by atoms with Crippen LogP contribution in [0.1, 0.15) is 28.4 Å². The maximum Gasteiger partial charge on any atom is 0.259 e. The molecule has 3 aromatic rings. The largest absolute Gasteiger partial charge is 0.493 e. The molecule has 0 saturated heterocycles. The summed E-state index contributed by atoms with van der Waals surface area (Å²) in [5.74, 6) is 2.45. The maximum absolute atomic E-state index is 12.3. The minimum atomic E-state index is -0.0372. The standard InChI is InChI=1S/C18H20N2O2S2/c1-11-12(2)24-18-15(11)17(21)19-16(20-18)13(3)23-10-9-22-14-7-5-4-6-8-14/h4-8,13H,9-10H2,1-3H3,(H,19,20,21). The number of benzene rings is 1. The number of thiophene rings is 1. The van der Waals surface area contributed by atoms with Gasteiger partial charge in [-0.2, -0.15) is 0 Å². The molecule has 0 amide bonds. The number of fused-ring (bicyclic) bond motifs is 1. The quantitative estimate of drug-likeness (QED) is 0.659. The summed E-state index contributed by atoms with van der Waals surface area (Å²) in [5, 5.41) is 0.843. The first kappa shape index (κ1) is 17.0. The molecule has 4 nitrogen and oxygen atoms in total. The van der Waals surface area contributed by atoms with Crippen molar-refractivity contribution in [3.05, 3.63) is 57.0 Å². The Hall–Kier alpha value is -1.79. The molecule has 0 aliphatic rings. The summed E-state index contributed by atoms with van der Waals surface area (Å²) in [4.78, 5) is 21.9. The molecule has 126 valence electrons. The number of rotatable bonds is 6. The molecule has 2 heterocycles. The first-order valence-electron chi connectivity index (χ1n) is 7.85. The summed E-state index contributed by atoms with van der Waals surface area (Å²) in [6.07, 6.45) is 0. The van der Waals surface area contributed by atoms with Crippen LogP contribution >= 0.6 is 23.1 Å². The van der Waals surface area contributed by atoms with Crippen molar-refractivity contribution < 1.29 is 4.74 Å². The highest BCUT2D eigenvalue weighted by molar-refractivity contribution is 7.99. The molecule has 3 rings (SSSR count).